The van der Waals surface area contributed by atoms with Crippen LogP contribution >= 0.6 is 0 Å². The standard InChI is InChI=1S/C18H38O2/c1-2-20-18-16-14-12-10-8-6-4-3-5-7-9-11-13-15-17-19/h19H,2-18H2,1H3. The van der Waals surface area contributed by atoms with E-state index in [1.54, 1.807) is 0 Å². The second-order valence-corrected chi connectivity index (χ2v) is 5.87. The van der Waals surface area contributed by atoms with Gasteiger partial charge in [-0.25, -0.2) is 0 Å². The van der Waals surface area contributed by atoms with Crippen molar-refractivity contribution in [2.24, 2.45) is 0 Å². The van der Waals surface area contributed by atoms with E-state index in [1.807, 2.05) is 0 Å². The van der Waals surface area contributed by atoms with Crippen molar-refractivity contribution in [3.05, 3.63) is 0 Å². The van der Waals surface area contributed by atoms with Crippen molar-refractivity contribution in [2.75, 3.05) is 19.8 Å². The van der Waals surface area contributed by atoms with Crippen LogP contribution in [0.15, 0.2) is 0 Å². The molecule has 1 N–H and O–H groups in total. The fourth-order valence-electron chi connectivity index (χ4n) is 2.58. The maximum Gasteiger partial charge on any atom is 0.0465 e. The molecule has 0 aliphatic carbocycles. The van der Waals surface area contributed by atoms with E-state index >= 15 is 0 Å². The van der Waals surface area contributed by atoms with Crippen LogP contribution in [-0.4, -0.2) is 24.9 Å². The maximum absolute atomic E-state index is 8.68. The fourth-order valence-corrected chi connectivity index (χ4v) is 2.58. The Morgan fingerprint density at radius 2 is 0.900 bits per heavy atom. The van der Waals surface area contributed by atoms with Crippen molar-refractivity contribution < 1.29 is 9.84 Å². The molecule has 2 heteroatoms. The van der Waals surface area contributed by atoms with Gasteiger partial charge >= 0.3 is 0 Å². The Balaban J connectivity index is 2.89. The topological polar surface area (TPSA) is 29.5 Å². The first-order chi connectivity index (χ1) is 9.91. The van der Waals surface area contributed by atoms with Gasteiger partial charge in [-0.1, -0.05) is 77.0 Å². The summed E-state index contributed by atoms with van der Waals surface area (Å²) in [6, 6.07) is 0. The third-order valence-electron chi connectivity index (χ3n) is 3.90. The molecule has 0 aromatic carbocycles. The Bertz CT molecular complexity index is 141. The predicted octanol–water partition coefficient (Wildman–Crippen LogP) is 5.48. The Labute approximate surface area is 127 Å². The number of hydrogen-bond acceptors (Lipinski definition) is 2. The summed E-state index contributed by atoms with van der Waals surface area (Å²) >= 11 is 0. The van der Waals surface area contributed by atoms with Gasteiger partial charge in [-0.05, 0) is 19.8 Å². The average Bonchev–Trinajstić information content (AvgIpc) is 2.47. The van der Waals surface area contributed by atoms with Gasteiger partial charge in [-0.15, -0.1) is 0 Å². The van der Waals surface area contributed by atoms with Crippen molar-refractivity contribution >= 4 is 0 Å². The van der Waals surface area contributed by atoms with Gasteiger partial charge in [0.05, 0.1) is 0 Å². The molecule has 0 heterocycles. The second kappa shape index (κ2) is 18.9. The van der Waals surface area contributed by atoms with Crippen LogP contribution in [-0.2, 0) is 4.74 Å². The molecule has 0 rings (SSSR count). The lowest BCUT2D eigenvalue weighted by Gasteiger charge is -2.03. The van der Waals surface area contributed by atoms with E-state index in [1.165, 1.54) is 83.5 Å². The van der Waals surface area contributed by atoms with Gasteiger partial charge < -0.3 is 9.84 Å². The first-order valence-electron chi connectivity index (χ1n) is 9.10. The predicted molar refractivity (Wildman–Crippen MR) is 88.2 cm³/mol. The highest BCUT2D eigenvalue weighted by Crippen LogP contribution is 2.12. The zero-order chi connectivity index (χ0) is 14.7. The van der Waals surface area contributed by atoms with Gasteiger partial charge in [0.2, 0.25) is 0 Å². The molecule has 0 spiro atoms. The molecule has 0 aliphatic rings. The molecule has 0 unspecified atom stereocenters. The molecule has 0 fully saturated rings. The first-order valence-corrected chi connectivity index (χ1v) is 9.10. The van der Waals surface area contributed by atoms with Crippen molar-refractivity contribution in [2.45, 2.75) is 96.8 Å². The van der Waals surface area contributed by atoms with Crippen LogP contribution in [0.2, 0.25) is 0 Å². The number of aliphatic hydroxyl groups is 1. The molecule has 0 atom stereocenters. The van der Waals surface area contributed by atoms with Crippen LogP contribution in [0.25, 0.3) is 0 Å². The Kier molecular flexibility index (Phi) is 18.8. The van der Waals surface area contributed by atoms with E-state index in [9.17, 15) is 0 Å². The largest absolute Gasteiger partial charge is 0.396 e. The summed E-state index contributed by atoms with van der Waals surface area (Å²) in [5.41, 5.74) is 0. The van der Waals surface area contributed by atoms with E-state index in [4.69, 9.17) is 9.84 Å². The Morgan fingerprint density at radius 1 is 0.550 bits per heavy atom. The normalized spacial score (nSPS) is 11.1. The highest BCUT2D eigenvalue weighted by atomic mass is 16.5. The Hall–Kier alpha value is -0.0800. The van der Waals surface area contributed by atoms with Crippen molar-refractivity contribution in [1.82, 2.24) is 0 Å². The lowest BCUT2D eigenvalue weighted by atomic mass is 10.0. The fraction of sp³-hybridized carbons (Fsp3) is 1.00. The van der Waals surface area contributed by atoms with E-state index in [2.05, 4.69) is 6.92 Å². The zero-order valence-electron chi connectivity index (χ0n) is 13.9. The molecule has 0 bridgehead atoms. The summed E-state index contributed by atoms with van der Waals surface area (Å²) in [4.78, 5) is 0. The van der Waals surface area contributed by atoms with Crippen molar-refractivity contribution in [3.63, 3.8) is 0 Å². The lowest BCUT2D eigenvalue weighted by molar-refractivity contribution is 0.143. The quantitative estimate of drug-likeness (QED) is 0.359. The van der Waals surface area contributed by atoms with Crippen molar-refractivity contribution in [3.8, 4) is 0 Å². The van der Waals surface area contributed by atoms with Gasteiger partial charge in [0.1, 0.15) is 0 Å². The van der Waals surface area contributed by atoms with Gasteiger partial charge in [0.15, 0.2) is 0 Å². The monoisotopic (exact) mass is 286 g/mol. The van der Waals surface area contributed by atoms with Crippen LogP contribution in [0.1, 0.15) is 96.8 Å². The number of ether oxygens (including phenoxy) is 1. The molecule has 0 amide bonds. The van der Waals surface area contributed by atoms with Crippen molar-refractivity contribution in [1.29, 1.82) is 0 Å². The summed E-state index contributed by atoms with van der Waals surface area (Å²) in [5.74, 6) is 0. The van der Waals surface area contributed by atoms with Crippen LogP contribution < -0.4 is 0 Å². The van der Waals surface area contributed by atoms with Gasteiger partial charge in [0.25, 0.3) is 0 Å². The highest BCUT2D eigenvalue weighted by Gasteiger charge is 1.94. The molecule has 0 saturated carbocycles. The number of unbranched alkanes of at least 4 members (excludes halogenated alkanes) is 13. The van der Waals surface area contributed by atoms with Gasteiger partial charge in [-0.3, -0.25) is 0 Å². The molecule has 0 aromatic rings. The minimum absolute atomic E-state index is 0.367. The molecule has 0 radical (unpaired) electrons. The molecule has 2 nitrogen and oxygen atoms in total. The van der Waals surface area contributed by atoms with Crippen LogP contribution in [0.5, 0.6) is 0 Å². The summed E-state index contributed by atoms with van der Waals surface area (Å²) in [7, 11) is 0. The molecule has 20 heavy (non-hydrogen) atoms. The SMILES string of the molecule is CCOCCCCCCCCCCCCCCCCO. The van der Waals surface area contributed by atoms with E-state index in [-0.39, 0.29) is 0 Å². The first kappa shape index (κ1) is 19.9. The summed E-state index contributed by atoms with van der Waals surface area (Å²) in [6.45, 7) is 4.25. The molecule has 0 saturated heterocycles. The molecule has 0 aromatic heterocycles. The van der Waals surface area contributed by atoms with Gasteiger partial charge in [0, 0.05) is 19.8 Å². The number of rotatable bonds is 17. The van der Waals surface area contributed by atoms with E-state index in [0.29, 0.717) is 6.61 Å². The Morgan fingerprint density at radius 3 is 1.25 bits per heavy atom. The lowest BCUT2D eigenvalue weighted by Crippen LogP contribution is -1.92. The summed E-state index contributed by atoms with van der Waals surface area (Å²) < 4.78 is 5.33. The van der Waals surface area contributed by atoms with Gasteiger partial charge in [-0.2, -0.15) is 0 Å². The third kappa shape index (κ3) is 17.9. The number of hydrogen-bond donors (Lipinski definition) is 1. The minimum Gasteiger partial charge on any atom is -0.396 e. The molecular weight excluding hydrogens is 248 g/mol. The highest BCUT2D eigenvalue weighted by molar-refractivity contribution is 4.49. The third-order valence-corrected chi connectivity index (χ3v) is 3.90. The average molecular weight is 286 g/mol. The van der Waals surface area contributed by atoms with Crippen LogP contribution in [0, 0.1) is 0 Å². The smallest absolute Gasteiger partial charge is 0.0465 e. The zero-order valence-corrected chi connectivity index (χ0v) is 13.9. The summed E-state index contributed by atoms with van der Waals surface area (Å²) in [5, 5.41) is 8.68. The van der Waals surface area contributed by atoms with E-state index in [0.717, 1.165) is 19.6 Å². The second-order valence-electron chi connectivity index (χ2n) is 5.87. The molecular formula is C18H38O2. The molecule has 0 aliphatic heterocycles. The minimum atomic E-state index is 0.367. The van der Waals surface area contributed by atoms with Crippen LogP contribution in [0.4, 0.5) is 0 Å². The van der Waals surface area contributed by atoms with E-state index < -0.39 is 0 Å². The number of aliphatic hydroxyl groups excluding tert-OH is 1. The maximum atomic E-state index is 8.68. The summed E-state index contributed by atoms with van der Waals surface area (Å²) in [6.07, 6.45) is 18.7. The van der Waals surface area contributed by atoms with Crippen LogP contribution in [0.3, 0.4) is 0 Å². The molecule has 122 valence electrons.